The summed E-state index contributed by atoms with van der Waals surface area (Å²) in [5.74, 6) is 0.225. The molecule has 4 nitrogen and oxygen atoms in total. The summed E-state index contributed by atoms with van der Waals surface area (Å²) >= 11 is 1.47. The van der Waals surface area contributed by atoms with E-state index in [1.807, 2.05) is 43.3 Å². The molecule has 3 rings (SSSR count). The van der Waals surface area contributed by atoms with Crippen LogP contribution in [0, 0.1) is 6.92 Å². The number of hydrogen-bond donors (Lipinski definition) is 1. The van der Waals surface area contributed by atoms with E-state index in [1.54, 1.807) is 4.90 Å². The normalized spacial score (nSPS) is 14.9. The zero-order valence-electron chi connectivity index (χ0n) is 17.0. The van der Waals surface area contributed by atoms with E-state index in [2.05, 4.69) is 19.2 Å². The first-order valence-corrected chi connectivity index (χ1v) is 11.0. The van der Waals surface area contributed by atoms with Crippen LogP contribution in [0.1, 0.15) is 72.0 Å². The second-order valence-corrected chi connectivity index (χ2v) is 9.24. The molecule has 0 saturated heterocycles. The van der Waals surface area contributed by atoms with E-state index in [9.17, 15) is 9.59 Å². The summed E-state index contributed by atoms with van der Waals surface area (Å²) in [7, 11) is 0. The Hall–Kier alpha value is -2.14. The Morgan fingerprint density at radius 2 is 1.75 bits per heavy atom. The highest BCUT2D eigenvalue weighted by Crippen LogP contribution is 2.24. The highest BCUT2D eigenvalue weighted by atomic mass is 32.1. The predicted molar refractivity (Wildman–Crippen MR) is 116 cm³/mol. The van der Waals surface area contributed by atoms with Gasteiger partial charge in [0.25, 0.3) is 5.91 Å². The summed E-state index contributed by atoms with van der Waals surface area (Å²) in [6.45, 7) is 6.32. The van der Waals surface area contributed by atoms with E-state index in [0.29, 0.717) is 10.8 Å². The summed E-state index contributed by atoms with van der Waals surface area (Å²) in [6, 6.07) is 12.0. The molecule has 0 radical (unpaired) electrons. The van der Waals surface area contributed by atoms with Crippen LogP contribution in [0.15, 0.2) is 36.4 Å². The van der Waals surface area contributed by atoms with Gasteiger partial charge in [0.2, 0.25) is 5.91 Å². The summed E-state index contributed by atoms with van der Waals surface area (Å²) in [6.07, 6.45) is 5.65. The van der Waals surface area contributed by atoms with E-state index in [-0.39, 0.29) is 24.4 Å². The van der Waals surface area contributed by atoms with Crippen molar-refractivity contribution in [3.8, 4) is 0 Å². The molecule has 1 aliphatic carbocycles. The summed E-state index contributed by atoms with van der Waals surface area (Å²) in [5.41, 5.74) is 1.98. The van der Waals surface area contributed by atoms with E-state index >= 15 is 0 Å². The third-order valence-corrected chi connectivity index (χ3v) is 6.33. The van der Waals surface area contributed by atoms with Crippen molar-refractivity contribution in [1.82, 2.24) is 5.32 Å². The molecule has 1 saturated carbocycles. The van der Waals surface area contributed by atoms with Crippen LogP contribution >= 0.6 is 11.3 Å². The highest BCUT2D eigenvalue weighted by Gasteiger charge is 2.24. The minimum absolute atomic E-state index is 0.0489. The van der Waals surface area contributed by atoms with Gasteiger partial charge in [-0.2, -0.15) is 0 Å². The Morgan fingerprint density at radius 3 is 2.32 bits per heavy atom. The molecule has 1 heterocycles. The molecule has 150 valence electrons. The lowest BCUT2D eigenvalue weighted by Crippen LogP contribution is -2.44. The van der Waals surface area contributed by atoms with Gasteiger partial charge in [0, 0.05) is 16.6 Å². The van der Waals surface area contributed by atoms with Crippen molar-refractivity contribution >= 4 is 28.8 Å². The first-order valence-electron chi connectivity index (χ1n) is 10.2. The lowest BCUT2D eigenvalue weighted by Gasteiger charge is -2.26. The highest BCUT2D eigenvalue weighted by molar-refractivity contribution is 7.14. The molecule has 1 N–H and O–H groups in total. The van der Waals surface area contributed by atoms with Gasteiger partial charge in [0.1, 0.15) is 6.54 Å². The monoisotopic (exact) mass is 398 g/mol. The molecule has 0 spiro atoms. The lowest BCUT2D eigenvalue weighted by molar-refractivity contribution is -0.120. The summed E-state index contributed by atoms with van der Waals surface area (Å²) < 4.78 is 0. The molecule has 1 aromatic carbocycles. The topological polar surface area (TPSA) is 49.4 Å². The van der Waals surface area contributed by atoms with Crippen molar-refractivity contribution in [3.63, 3.8) is 0 Å². The second-order valence-electron chi connectivity index (χ2n) is 7.95. The number of amides is 2. The maximum absolute atomic E-state index is 13.2. The minimum Gasteiger partial charge on any atom is -0.352 e. The summed E-state index contributed by atoms with van der Waals surface area (Å²) in [4.78, 5) is 29.2. The first-order chi connectivity index (χ1) is 13.4. The average Bonchev–Trinajstić information content (AvgIpc) is 3.13. The number of nitrogens with one attached hydrogen (secondary N) is 1. The molecule has 5 heteroatoms. The van der Waals surface area contributed by atoms with Crippen LogP contribution in [0.25, 0.3) is 0 Å². The van der Waals surface area contributed by atoms with E-state index in [0.717, 1.165) is 23.4 Å². The summed E-state index contributed by atoms with van der Waals surface area (Å²) in [5, 5.41) is 3.13. The molecule has 0 unspecified atom stereocenters. The molecular formula is C23H30N2O2S. The minimum atomic E-state index is -0.116. The standard InChI is InChI=1S/C23H30N2O2S/c1-16(2)18-10-12-20(13-11-18)25(23(27)21-14-9-17(3)28-21)15-22(26)24-19-7-5-4-6-8-19/h9-14,16,19H,4-8,15H2,1-3H3,(H,24,26). The van der Waals surface area contributed by atoms with Crippen molar-refractivity contribution in [2.75, 3.05) is 11.4 Å². The predicted octanol–water partition coefficient (Wildman–Crippen LogP) is 5.28. The van der Waals surface area contributed by atoms with Crippen LogP contribution in [0.2, 0.25) is 0 Å². The number of benzene rings is 1. The molecule has 1 aliphatic rings. The molecule has 0 atom stereocenters. The largest absolute Gasteiger partial charge is 0.352 e. The van der Waals surface area contributed by atoms with Gasteiger partial charge in [0.15, 0.2) is 0 Å². The Bertz CT molecular complexity index is 804. The molecular weight excluding hydrogens is 368 g/mol. The Morgan fingerprint density at radius 1 is 1.07 bits per heavy atom. The van der Waals surface area contributed by atoms with Crippen LogP contribution in [-0.4, -0.2) is 24.4 Å². The quantitative estimate of drug-likeness (QED) is 0.720. The van der Waals surface area contributed by atoms with E-state index < -0.39 is 0 Å². The Labute approximate surface area is 172 Å². The number of thiophene rings is 1. The number of nitrogens with zero attached hydrogens (tertiary/aromatic N) is 1. The number of carbonyl (C=O) groups excluding carboxylic acids is 2. The lowest BCUT2D eigenvalue weighted by atomic mass is 9.95. The van der Waals surface area contributed by atoms with Crippen LogP contribution in [-0.2, 0) is 4.79 Å². The van der Waals surface area contributed by atoms with Crippen molar-refractivity contribution in [2.24, 2.45) is 0 Å². The maximum Gasteiger partial charge on any atom is 0.268 e. The van der Waals surface area contributed by atoms with Gasteiger partial charge in [-0.25, -0.2) is 0 Å². The average molecular weight is 399 g/mol. The molecule has 28 heavy (non-hydrogen) atoms. The van der Waals surface area contributed by atoms with Crippen molar-refractivity contribution in [3.05, 3.63) is 51.7 Å². The van der Waals surface area contributed by atoms with E-state index in [1.165, 1.54) is 36.2 Å². The fourth-order valence-electron chi connectivity index (χ4n) is 3.67. The van der Waals surface area contributed by atoms with Gasteiger partial charge >= 0.3 is 0 Å². The maximum atomic E-state index is 13.2. The Balaban J connectivity index is 1.79. The second kappa shape index (κ2) is 9.37. The van der Waals surface area contributed by atoms with Crippen LogP contribution in [0.5, 0.6) is 0 Å². The van der Waals surface area contributed by atoms with Crippen LogP contribution in [0.3, 0.4) is 0 Å². The Kier molecular flexibility index (Phi) is 6.89. The molecule has 1 fully saturated rings. The smallest absolute Gasteiger partial charge is 0.268 e. The van der Waals surface area contributed by atoms with Crippen LogP contribution in [0.4, 0.5) is 5.69 Å². The number of anilines is 1. The number of aryl methyl sites for hydroxylation is 1. The van der Waals surface area contributed by atoms with Gasteiger partial charge in [-0.05, 0) is 55.5 Å². The number of hydrogen-bond acceptors (Lipinski definition) is 3. The van der Waals surface area contributed by atoms with Gasteiger partial charge < -0.3 is 5.32 Å². The number of carbonyl (C=O) groups is 2. The fraction of sp³-hybridized carbons (Fsp3) is 0.478. The molecule has 2 amide bonds. The van der Waals surface area contributed by atoms with Crippen molar-refractivity contribution < 1.29 is 9.59 Å². The SMILES string of the molecule is Cc1ccc(C(=O)N(CC(=O)NC2CCCCC2)c2ccc(C(C)C)cc2)s1. The van der Waals surface area contributed by atoms with Gasteiger partial charge in [-0.1, -0.05) is 45.2 Å². The van der Waals surface area contributed by atoms with E-state index in [4.69, 9.17) is 0 Å². The van der Waals surface area contributed by atoms with Gasteiger partial charge in [-0.3, -0.25) is 14.5 Å². The third kappa shape index (κ3) is 5.22. The van der Waals surface area contributed by atoms with Gasteiger partial charge in [0.05, 0.1) is 4.88 Å². The van der Waals surface area contributed by atoms with Crippen LogP contribution < -0.4 is 10.2 Å². The van der Waals surface area contributed by atoms with Crippen molar-refractivity contribution in [2.45, 2.75) is 64.8 Å². The zero-order chi connectivity index (χ0) is 20.1. The third-order valence-electron chi connectivity index (χ3n) is 5.34. The first kappa shape index (κ1) is 20.6. The molecule has 0 aliphatic heterocycles. The van der Waals surface area contributed by atoms with Gasteiger partial charge in [-0.15, -0.1) is 11.3 Å². The molecule has 1 aromatic heterocycles. The molecule has 0 bridgehead atoms. The number of rotatable bonds is 6. The molecule has 2 aromatic rings. The van der Waals surface area contributed by atoms with Crippen molar-refractivity contribution in [1.29, 1.82) is 0 Å². The zero-order valence-corrected chi connectivity index (χ0v) is 17.8. The fourth-order valence-corrected chi connectivity index (χ4v) is 4.48.